The highest BCUT2D eigenvalue weighted by Crippen LogP contribution is 2.54. The van der Waals surface area contributed by atoms with Crippen LogP contribution >= 0.6 is 0 Å². The number of rotatable bonds is 3. The van der Waals surface area contributed by atoms with E-state index in [0.717, 1.165) is 19.6 Å². The molecule has 1 amide bonds. The number of nitrogens with one attached hydrogen (secondary N) is 1. The molecule has 1 heterocycles. The summed E-state index contributed by atoms with van der Waals surface area (Å²) in [6.07, 6.45) is 4.47. The van der Waals surface area contributed by atoms with Gasteiger partial charge in [-0.05, 0) is 80.6 Å². The Morgan fingerprint density at radius 1 is 1.00 bits per heavy atom. The van der Waals surface area contributed by atoms with Gasteiger partial charge in [0.25, 0.3) is 0 Å². The summed E-state index contributed by atoms with van der Waals surface area (Å²) in [5.41, 5.74) is 12.6. The predicted octanol–water partition coefficient (Wildman–Crippen LogP) is -0.109. The minimum absolute atomic E-state index is 0.0511. The Morgan fingerprint density at radius 3 is 2.36 bits per heavy atom. The van der Waals surface area contributed by atoms with E-state index < -0.39 is 47.9 Å². The van der Waals surface area contributed by atoms with Gasteiger partial charge < -0.3 is 37.1 Å². The topological polar surface area (TPSA) is 174 Å². The van der Waals surface area contributed by atoms with Gasteiger partial charge in [0.2, 0.25) is 5.91 Å². The van der Waals surface area contributed by atoms with Crippen LogP contribution in [0.1, 0.15) is 51.4 Å². The van der Waals surface area contributed by atoms with Crippen LogP contribution in [0.5, 0.6) is 0 Å². The summed E-state index contributed by atoms with van der Waals surface area (Å²) in [6, 6.07) is -0.169. The third kappa shape index (κ3) is 3.72. The molecule has 0 aromatic carbocycles. The number of aliphatic hydroxyl groups excluding tert-OH is 3. The second kappa shape index (κ2) is 8.83. The largest absolute Gasteiger partial charge is 0.392 e. The highest BCUT2D eigenvalue weighted by molar-refractivity contribution is 6.05. The lowest BCUT2D eigenvalue weighted by Crippen LogP contribution is -2.64. The summed E-state index contributed by atoms with van der Waals surface area (Å²) in [4.78, 5) is 28.3. The van der Waals surface area contributed by atoms with Crippen molar-refractivity contribution in [3.05, 3.63) is 0 Å². The van der Waals surface area contributed by atoms with Crippen LogP contribution in [0.3, 0.4) is 0 Å². The van der Waals surface area contributed by atoms with Gasteiger partial charge in [0.1, 0.15) is 11.7 Å². The minimum atomic E-state index is -1.12. The van der Waals surface area contributed by atoms with E-state index in [-0.39, 0.29) is 47.6 Å². The third-order valence-corrected chi connectivity index (χ3v) is 11.4. The van der Waals surface area contributed by atoms with Crippen LogP contribution < -0.4 is 11.5 Å². The fourth-order valence-electron chi connectivity index (χ4n) is 9.52. The maximum Gasteiger partial charge on any atom is 0.228 e. The Hall–Kier alpha value is -1.39. The van der Waals surface area contributed by atoms with E-state index in [0.29, 0.717) is 24.7 Å². The van der Waals surface area contributed by atoms with E-state index in [9.17, 15) is 24.9 Å². The zero-order valence-electron chi connectivity index (χ0n) is 21.0. The Kier molecular flexibility index (Phi) is 6.11. The number of amides is 1. The summed E-state index contributed by atoms with van der Waals surface area (Å²) >= 11 is 0. The number of fused-ring (bicyclic) bond motifs is 3. The van der Waals surface area contributed by atoms with Gasteiger partial charge in [-0.1, -0.05) is 6.42 Å². The van der Waals surface area contributed by atoms with Crippen LogP contribution in [0.4, 0.5) is 0 Å². The fourth-order valence-corrected chi connectivity index (χ4v) is 9.52. The first-order valence-electron chi connectivity index (χ1n) is 14.0. The van der Waals surface area contributed by atoms with Crippen molar-refractivity contribution in [2.24, 2.45) is 64.2 Å². The predicted molar refractivity (Wildman–Crippen MR) is 132 cm³/mol. The molecule has 9 heteroatoms. The molecular weight excluding hydrogens is 460 g/mol. The van der Waals surface area contributed by atoms with Gasteiger partial charge in [0.15, 0.2) is 0 Å². The molecule has 12 atom stereocenters. The fraction of sp³-hybridized carbons (Fsp3) is 0.889. The Morgan fingerprint density at radius 2 is 1.72 bits per heavy atom. The molecule has 5 saturated carbocycles. The number of carbonyl (C=O) groups is 2. The first-order valence-corrected chi connectivity index (χ1v) is 14.0. The number of nitrogens with zero attached hydrogens (tertiary/aromatic N) is 1. The molecule has 200 valence electrons. The smallest absolute Gasteiger partial charge is 0.228 e. The van der Waals surface area contributed by atoms with Crippen LogP contribution in [0.25, 0.3) is 0 Å². The molecule has 1 aliphatic heterocycles. The van der Waals surface area contributed by atoms with Crippen molar-refractivity contribution < 1.29 is 24.9 Å². The maximum atomic E-state index is 14.0. The van der Waals surface area contributed by atoms with Crippen molar-refractivity contribution in [2.45, 2.75) is 75.7 Å². The second-order valence-electron chi connectivity index (χ2n) is 13.3. The highest BCUT2D eigenvalue weighted by atomic mass is 16.3. The number of carbonyl (C=O) groups excluding carboxylic acids is 2. The zero-order chi connectivity index (χ0) is 25.5. The SMILES string of the molecule is N=C1C(C(N)=O)C(O)CC2CC3CC4C(N)CC(CN5CCC6(CCC6)C5)C(O)C4C(=O)C3C(O)C12. The molecule has 6 rings (SSSR count). The molecule has 0 bridgehead atoms. The summed E-state index contributed by atoms with van der Waals surface area (Å²) < 4.78 is 0. The first kappa shape index (κ1) is 24.9. The van der Waals surface area contributed by atoms with E-state index in [1.165, 1.54) is 25.7 Å². The Labute approximate surface area is 212 Å². The highest BCUT2D eigenvalue weighted by Gasteiger charge is 2.60. The average molecular weight is 503 g/mol. The molecule has 9 nitrogen and oxygen atoms in total. The second-order valence-corrected chi connectivity index (χ2v) is 13.3. The Balaban J connectivity index is 1.21. The van der Waals surface area contributed by atoms with Crippen molar-refractivity contribution >= 4 is 17.4 Å². The van der Waals surface area contributed by atoms with E-state index in [1.54, 1.807) is 0 Å². The van der Waals surface area contributed by atoms with Crippen LogP contribution in [0.15, 0.2) is 0 Å². The number of nitrogens with two attached hydrogens (primary N) is 2. The number of Topliss-reactive ketones (excluding diaryl/α,β-unsaturated/α-hetero) is 1. The van der Waals surface area contributed by atoms with E-state index in [4.69, 9.17) is 16.9 Å². The molecule has 0 radical (unpaired) electrons. The number of primary amides is 1. The Bertz CT molecular complexity index is 939. The lowest BCUT2D eigenvalue weighted by Gasteiger charge is -2.56. The van der Waals surface area contributed by atoms with E-state index >= 15 is 0 Å². The molecule has 8 N–H and O–H groups in total. The molecule has 1 saturated heterocycles. The summed E-state index contributed by atoms with van der Waals surface area (Å²) in [7, 11) is 0. The summed E-state index contributed by atoms with van der Waals surface area (Å²) in [5, 5.41) is 42.0. The van der Waals surface area contributed by atoms with E-state index in [1.807, 2.05) is 0 Å². The van der Waals surface area contributed by atoms with Gasteiger partial charge in [-0.15, -0.1) is 0 Å². The van der Waals surface area contributed by atoms with Gasteiger partial charge in [-0.25, -0.2) is 0 Å². The van der Waals surface area contributed by atoms with Crippen molar-refractivity contribution in [1.29, 1.82) is 5.41 Å². The lowest BCUT2D eigenvalue weighted by atomic mass is 9.50. The van der Waals surface area contributed by atoms with Crippen molar-refractivity contribution in [1.82, 2.24) is 4.90 Å². The molecule has 5 aliphatic carbocycles. The van der Waals surface area contributed by atoms with Crippen molar-refractivity contribution in [3.8, 4) is 0 Å². The molecule has 1 spiro atoms. The maximum absolute atomic E-state index is 14.0. The number of hydrogen-bond donors (Lipinski definition) is 6. The van der Waals surface area contributed by atoms with Gasteiger partial charge in [0.05, 0.1) is 18.3 Å². The molecule has 0 aromatic heterocycles. The molecule has 6 fully saturated rings. The molecule has 0 aromatic rings. The van der Waals surface area contributed by atoms with Crippen molar-refractivity contribution in [2.75, 3.05) is 19.6 Å². The number of likely N-dealkylation sites (tertiary alicyclic amines) is 1. The van der Waals surface area contributed by atoms with Crippen LogP contribution in [-0.2, 0) is 9.59 Å². The van der Waals surface area contributed by atoms with Gasteiger partial charge in [-0.2, -0.15) is 0 Å². The molecule has 6 aliphatic rings. The quantitative estimate of drug-likeness (QED) is 0.312. The summed E-state index contributed by atoms with van der Waals surface area (Å²) in [6.45, 7) is 2.88. The normalized spacial score (nSPS) is 50.2. The van der Waals surface area contributed by atoms with E-state index in [2.05, 4.69) is 4.90 Å². The monoisotopic (exact) mass is 502 g/mol. The number of ketones is 1. The van der Waals surface area contributed by atoms with Gasteiger partial charge in [-0.3, -0.25) is 9.59 Å². The standard InChI is InChI=1S/C27H42N4O5/c28-16-8-14(10-31-5-4-27(11-31)2-1-3-27)23(33)20-15(16)7-12-6-13-9-17(32)21(26(30)36)22(29)18(13)24(34)19(12)25(20)35/h12-21,23-24,29,32-34H,1-11,28H2,(H2,30,36). The third-order valence-electron chi connectivity index (χ3n) is 11.4. The average Bonchev–Trinajstić information content (AvgIpc) is 3.21. The number of hydrogen-bond acceptors (Lipinski definition) is 8. The number of aliphatic hydroxyl groups is 3. The molecular formula is C27H42N4O5. The van der Waals surface area contributed by atoms with Gasteiger partial charge in [0, 0.05) is 42.6 Å². The van der Waals surface area contributed by atoms with Gasteiger partial charge >= 0.3 is 0 Å². The zero-order valence-corrected chi connectivity index (χ0v) is 21.0. The van der Waals surface area contributed by atoms with Crippen LogP contribution in [0, 0.1) is 58.2 Å². The first-order chi connectivity index (χ1) is 17.1. The lowest BCUT2D eigenvalue weighted by molar-refractivity contribution is -0.163. The van der Waals surface area contributed by atoms with Crippen LogP contribution in [-0.4, -0.2) is 81.6 Å². The van der Waals surface area contributed by atoms with Crippen molar-refractivity contribution in [3.63, 3.8) is 0 Å². The minimum Gasteiger partial charge on any atom is -0.392 e. The van der Waals surface area contributed by atoms with Crippen LogP contribution in [0.2, 0.25) is 0 Å². The molecule has 36 heavy (non-hydrogen) atoms. The molecule has 12 unspecified atom stereocenters. The summed E-state index contributed by atoms with van der Waals surface area (Å²) in [5.74, 6) is -4.39.